The Hall–Kier alpha value is -4.09. The first kappa shape index (κ1) is 20.8. The van der Waals surface area contributed by atoms with Crippen molar-refractivity contribution < 1.29 is 18.0 Å². The Morgan fingerprint density at radius 3 is 2.64 bits per heavy atom. The molecule has 0 radical (unpaired) electrons. The van der Waals surface area contributed by atoms with E-state index in [1.165, 1.54) is 25.2 Å². The van der Waals surface area contributed by atoms with Gasteiger partial charge in [0.25, 0.3) is 11.5 Å². The lowest BCUT2D eigenvalue weighted by molar-refractivity contribution is -0.119. The van der Waals surface area contributed by atoms with E-state index in [9.17, 15) is 22.8 Å². The minimum atomic E-state index is -4.36. The third kappa shape index (κ3) is 3.62. The molecule has 0 fully saturated rings. The van der Waals surface area contributed by atoms with E-state index in [1.807, 2.05) is 0 Å². The number of H-pyrrole nitrogens is 1. The fourth-order valence-corrected chi connectivity index (χ4v) is 4.02. The van der Waals surface area contributed by atoms with Crippen LogP contribution in [0, 0.1) is 6.92 Å². The van der Waals surface area contributed by atoms with E-state index in [-0.39, 0.29) is 30.2 Å². The molecule has 0 aliphatic carbocycles. The maximum atomic E-state index is 13.4. The van der Waals surface area contributed by atoms with Crippen LogP contribution in [0.2, 0.25) is 0 Å². The van der Waals surface area contributed by atoms with Gasteiger partial charge in [-0.3, -0.25) is 14.6 Å². The zero-order valence-electron chi connectivity index (χ0n) is 17.4. The molecule has 0 saturated carbocycles. The van der Waals surface area contributed by atoms with Crippen molar-refractivity contribution in [3.05, 3.63) is 70.4 Å². The maximum absolute atomic E-state index is 13.4. The second-order valence-electron chi connectivity index (χ2n) is 7.65. The van der Waals surface area contributed by atoms with Crippen LogP contribution in [0.5, 0.6) is 0 Å². The van der Waals surface area contributed by atoms with Crippen LogP contribution in [0.1, 0.15) is 16.1 Å². The molecular weight excluding hydrogens is 439 g/mol. The number of benzene rings is 1. The monoisotopic (exact) mass is 457 g/mol. The molecule has 5 rings (SSSR count). The lowest BCUT2D eigenvalue weighted by Gasteiger charge is -2.38. The Kier molecular flexibility index (Phi) is 4.73. The fraction of sp³-hybridized carbons (Fsp3) is 0.238. The number of rotatable bonds is 3. The van der Waals surface area contributed by atoms with E-state index in [0.717, 1.165) is 0 Å². The number of para-hydroxylation sites is 2. The molecule has 170 valence electrons. The first-order valence-corrected chi connectivity index (χ1v) is 10.1. The van der Waals surface area contributed by atoms with Gasteiger partial charge in [-0.15, -0.1) is 5.10 Å². The number of halogens is 3. The van der Waals surface area contributed by atoms with Crippen molar-refractivity contribution in [1.29, 1.82) is 0 Å². The molecule has 1 aromatic carbocycles. The average Bonchev–Trinajstić information content (AvgIpc) is 3.39. The predicted molar refractivity (Wildman–Crippen MR) is 114 cm³/mol. The number of aromatic amines is 1. The number of anilines is 2. The Balaban J connectivity index is 1.49. The second kappa shape index (κ2) is 7.50. The van der Waals surface area contributed by atoms with E-state index in [2.05, 4.69) is 15.2 Å². The quantitative estimate of drug-likeness (QED) is 0.511. The summed E-state index contributed by atoms with van der Waals surface area (Å²) in [5.74, 6) is -0.266. The van der Waals surface area contributed by atoms with Gasteiger partial charge in [0.2, 0.25) is 5.95 Å². The number of alkyl halides is 3. The molecule has 12 heteroatoms. The SMILES string of the molecule is Cc1c(C(=O)N2CCN(CC(F)(F)F)c3ccccc32)cnn1-c1nn2cccc2c(=O)[nH]1. The van der Waals surface area contributed by atoms with Crippen molar-refractivity contribution in [1.82, 2.24) is 24.4 Å². The van der Waals surface area contributed by atoms with Gasteiger partial charge in [-0.1, -0.05) is 12.1 Å². The van der Waals surface area contributed by atoms with Crippen LogP contribution in [-0.4, -0.2) is 56.1 Å². The molecule has 4 heterocycles. The fourth-order valence-electron chi connectivity index (χ4n) is 4.02. The van der Waals surface area contributed by atoms with Crippen LogP contribution < -0.4 is 15.4 Å². The molecule has 0 saturated heterocycles. The van der Waals surface area contributed by atoms with Gasteiger partial charge < -0.3 is 9.80 Å². The highest BCUT2D eigenvalue weighted by Crippen LogP contribution is 2.35. The summed E-state index contributed by atoms with van der Waals surface area (Å²) in [6, 6.07) is 9.80. The van der Waals surface area contributed by atoms with Crippen LogP contribution in [0.15, 0.2) is 53.6 Å². The van der Waals surface area contributed by atoms with Crippen molar-refractivity contribution in [2.75, 3.05) is 29.4 Å². The van der Waals surface area contributed by atoms with Crippen LogP contribution >= 0.6 is 0 Å². The summed E-state index contributed by atoms with van der Waals surface area (Å²) in [5.41, 5.74) is 1.43. The summed E-state index contributed by atoms with van der Waals surface area (Å²) in [4.78, 5) is 31.0. The standard InChI is InChI=1S/C21H18F3N7O2/c1-13-14(11-25-31(13)20-26-18(32)17-7-4-8-30(17)27-20)19(33)29-10-9-28(12-21(22,23)24)15-5-2-3-6-16(15)29/h2-8,11H,9-10,12H2,1H3,(H,26,27,32). The normalized spacial score (nSPS) is 14.1. The number of hydrogen-bond acceptors (Lipinski definition) is 5. The number of amides is 1. The van der Waals surface area contributed by atoms with Gasteiger partial charge in [0.05, 0.1) is 28.8 Å². The molecule has 0 unspecified atom stereocenters. The molecule has 0 spiro atoms. The number of nitrogens with zero attached hydrogens (tertiary/aromatic N) is 6. The van der Waals surface area contributed by atoms with Gasteiger partial charge >= 0.3 is 6.18 Å². The van der Waals surface area contributed by atoms with E-state index in [0.29, 0.717) is 22.6 Å². The highest BCUT2D eigenvalue weighted by atomic mass is 19.4. The van der Waals surface area contributed by atoms with Crippen LogP contribution in [0.25, 0.3) is 11.5 Å². The van der Waals surface area contributed by atoms with Gasteiger partial charge in [0.1, 0.15) is 12.1 Å². The number of nitrogens with one attached hydrogen (secondary N) is 1. The van der Waals surface area contributed by atoms with Gasteiger partial charge in [-0.05, 0) is 31.2 Å². The van der Waals surface area contributed by atoms with Crippen molar-refractivity contribution in [2.45, 2.75) is 13.1 Å². The Morgan fingerprint density at radius 1 is 1.12 bits per heavy atom. The minimum Gasteiger partial charge on any atom is -0.359 e. The zero-order chi connectivity index (χ0) is 23.3. The smallest absolute Gasteiger partial charge is 0.359 e. The molecule has 1 aliphatic rings. The van der Waals surface area contributed by atoms with E-state index >= 15 is 0 Å². The lowest BCUT2D eigenvalue weighted by atomic mass is 10.1. The van der Waals surface area contributed by atoms with Crippen molar-refractivity contribution in [2.24, 2.45) is 0 Å². The molecule has 0 bridgehead atoms. The summed E-state index contributed by atoms with van der Waals surface area (Å²) in [5, 5.41) is 8.53. The van der Waals surface area contributed by atoms with Gasteiger partial charge in [0, 0.05) is 19.3 Å². The number of carbonyl (C=O) groups excluding carboxylic acids is 1. The van der Waals surface area contributed by atoms with E-state index in [4.69, 9.17) is 0 Å². The third-order valence-electron chi connectivity index (χ3n) is 5.55. The highest BCUT2D eigenvalue weighted by Gasteiger charge is 2.36. The molecule has 1 N–H and O–H groups in total. The molecular formula is C21H18F3N7O2. The summed E-state index contributed by atoms with van der Waals surface area (Å²) >= 11 is 0. The molecule has 1 amide bonds. The molecule has 33 heavy (non-hydrogen) atoms. The summed E-state index contributed by atoms with van der Waals surface area (Å²) < 4.78 is 41.8. The van der Waals surface area contributed by atoms with Crippen molar-refractivity contribution in [3.8, 4) is 5.95 Å². The summed E-state index contributed by atoms with van der Waals surface area (Å²) in [6.07, 6.45) is -1.37. The largest absolute Gasteiger partial charge is 0.405 e. The average molecular weight is 457 g/mol. The first-order valence-electron chi connectivity index (χ1n) is 10.1. The Morgan fingerprint density at radius 2 is 1.88 bits per heavy atom. The Labute approximate surface area is 184 Å². The van der Waals surface area contributed by atoms with Crippen molar-refractivity contribution >= 4 is 22.8 Å². The Bertz CT molecular complexity index is 1420. The van der Waals surface area contributed by atoms with Crippen molar-refractivity contribution in [3.63, 3.8) is 0 Å². The third-order valence-corrected chi connectivity index (χ3v) is 5.55. The summed E-state index contributed by atoms with van der Waals surface area (Å²) in [7, 11) is 0. The molecule has 3 aromatic heterocycles. The first-order chi connectivity index (χ1) is 15.7. The van der Waals surface area contributed by atoms with Gasteiger partial charge in [0.15, 0.2) is 0 Å². The molecule has 4 aromatic rings. The van der Waals surface area contributed by atoms with Gasteiger partial charge in [-0.25, -0.2) is 9.20 Å². The summed E-state index contributed by atoms with van der Waals surface area (Å²) in [6.45, 7) is 0.686. The van der Waals surface area contributed by atoms with Crippen LogP contribution in [0.3, 0.4) is 0 Å². The van der Waals surface area contributed by atoms with Gasteiger partial charge in [-0.2, -0.15) is 18.3 Å². The zero-order valence-corrected chi connectivity index (χ0v) is 17.4. The van der Waals surface area contributed by atoms with E-state index in [1.54, 1.807) is 49.5 Å². The number of fused-ring (bicyclic) bond motifs is 2. The molecule has 0 atom stereocenters. The number of aromatic nitrogens is 5. The topological polar surface area (TPSA) is 91.5 Å². The lowest BCUT2D eigenvalue weighted by Crippen LogP contribution is -2.47. The minimum absolute atomic E-state index is 0.0363. The van der Waals surface area contributed by atoms with Crippen LogP contribution in [0.4, 0.5) is 24.5 Å². The number of carbonyl (C=O) groups is 1. The predicted octanol–water partition coefficient (Wildman–Crippen LogP) is 2.55. The molecule has 9 nitrogen and oxygen atoms in total. The van der Waals surface area contributed by atoms with E-state index < -0.39 is 18.6 Å². The molecule has 1 aliphatic heterocycles. The van der Waals surface area contributed by atoms with Crippen LogP contribution in [-0.2, 0) is 0 Å². The second-order valence-corrected chi connectivity index (χ2v) is 7.65. The number of hydrogen-bond donors (Lipinski definition) is 1. The highest BCUT2D eigenvalue weighted by molar-refractivity contribution is 6.09. The maximum Gasteiger partial charge on any atom is 0.405 e.